The highest BCUT2D eigenvalue weighted by Crippen LogP contribution is 2.38. The average Bonchev–Trinajstić information content (AvgIpc) is 2.80. The van der Waals surface area contributed by atoms with Gasteiger partial charge in [-0.25, -0.2) is 0 Å². The number of nitrogens with one attached hydrogen (secondary N) is 1. The summed E-state index contributed by atoms with van der Waals surface area (Å²) in [6, 6.07) is 2.48. The number of hydrogen-bond donors (Lipinski definition) is 1. The fraction of sp³-hybridized carbons (Fsp3) is 0.538. The van der Waals surface area contributed by atoms with Gasteiger partial charge in [0.05, 0.1) is 0 Å². The molecule has 0 aromatic heterocycles. The highest BCUT2D eigenvalue weighted by molar-refractivity contribution is 5.65. The van der Waals surface area contributed by atoms with Crippen LogP contribution in [0.15, 0.2) is 6.07 Å². The predicted molar refractivity (Wildman–Crippen MR) is 60.0 cm³/mol. The topological polar surface area (TPSA) is 12.0 Å². The van der Waals surface area contributed by atoms with Crippen molar-refractivity contribution in [1.82, 2.24) is 0 Å². The smallest absolute Gasteiger partial charge is 0.0408 e. The van der Waals surface area contributed by atoms with E-state index in [2.05, 4.69) is 18.4 Å². The fourth-order valence-corrected chi connectivity index (χ4v) is 3.12. The van der Waals surface area contributed by atoms with Gasteiger partial charge < -0.3 is 5.32 Å². The van der Waals surface area contributed by atoms with Gasteiger partial charge in [-0.15, -0.1) is 0 Å². The van der Waals surface area contributed by atoms with Crippen LogP contribution in [0.3, 0.4) is 0 Å². The van der Waals surface area contributed by atoms with Crippen molar-refractivity contribution in [1.29, 1.82) is 0 Å². The number of anilines is 1. The molecular formula is C13H17N. The molecule has 2 aliphatic carbocycles. The Balaban J connectivity index is 2.24. The second kappa shape index (κ2) is 3.01. The lowest BCUT2D eigenvalue weighted by atomic mass is 9.99. The molecule has 0 fully saturated rings. The number of aryl methyl sites for hydroxylation is 2. The summed E-state index contributed by atoms with van der Waals surface area (Å²) in [6.45, 7) is 0. The van der Waals surface area contributed by atoms with Crippen LogP contribution >= 0.6 is 0 Å². The van der Waals surface area contributed by atoms with Crippen molar-refractivity contribution in [3.63, 3.8) is 0 Å². The Morgan fingerprint density at radius 1 is 0.929 bits per heavy atom. The summed E-state index contributed by atoms with van der Waals surface area (Å²) >= 11 is 0. The minimum Gasteiger partial charge on any atom is -0.388 e. The van der Waals surface area contributed by atoms with Crippen molar-refractivity contribution in [3.8, 4) is 0 Å². The van der Waals surface area contributed by atoms with Crippen molar-refractivity contribution in [2.75, 3.05) is 12.4 Å². The number of hydrogen-bond acceptors (Lipinski definition) is 1. The van der Waals surface area contributed by atoms with E-state index < -0.39 is 0 Å². The van der Waals surface area contributed by atoms with Crippen molar-refractivity contribution in [2.45, 2.75) is 38.5 Å². The zero-order valence-electron chi connectivity index (χ0n) is 8.82. The lowest BCUT2D eigenvalue weighted by Crippen LogP contribution is -2.00. The Hall–Kier alpha value is -0.980. The van der Waals surface area contributed by atoms with Crippen LogP contribution in [0, 0.1) is 0 Å². The minimum absolute atomic E-state index is 1.29. The first-order chi connectivity index (χ1) is 6.90. The van der Waals surface area contributed by atoms with Gasteiger partial charge in [-0.3, -0.25) is 0 Å². The largest absolute Gasteiger partial charge is 0.388 e. The molecule has 2 aliphatic rings. The van der Waals surface area contributed by atoms with Gasteiger partial charge in [0.25, 0.3) is 0 Å². The summed E-state index contributed by atoms with van der Waals surface area (Å²) in [5, 5.41) is 3.43. The Morgan fingerprint density at radius 2 is 1.50 bits per heavy atom. The maximum Gasteiger partial charge on any atom is 0.0408 e. The quantitative estimate of drug-likeness (QED) is 0.712. The third-order valence-corrected chi connectivity index (χ3v) is 3.72. The van der Waals surface area contributed by atoms with Crippen molar-refractivity contribution in [3.05, 3.63) is 28.3 Å². The van der Waals surface area contributed by atoms with Crippen molar-refractivity contribution >= 4 is 5.69 Å². The van der Waals surface area contributed by atoms with Crippen LogP contribution in [0.1, 0.15) is 35.1 Å². The molecular weight excluding hydrogens is 170 g/mol. The Kier molecular flexibility index (Phi) is 1.79. The highest BCUT2D eigenvalue weighted by atomic mass is 14.8. The molecule has 14 heavy (non-hydrogen) atoms. The molecule has 1 aromatic rings. The van der Waals surface area contributed by atoms with E-state index in [1.165, 1.54) is 44.2 Å². The van der Waals surface area contributed by atoms with Crippen LogP contribution in [0.5, 0.6) is 0 Å². The molecule has 0 saturated heterocycles. The minimum atomic E-state index is 1.29. The summed E-state index contributed by atoms with van der Waals surface area (Å²) in [4.78, 5) is 0. The molecule has 3 rings (SSSR count). The van der Waals surface area contributed by atoms with Gasteiger partial charge in [0, 0.05) is 12.7 Å². The zero-order valence-corrected chi connectivity index (χ0v) is 8.82. The van der Waals surface area contributed by atoms with Crippen LogP contribution in [-0.4, -0.2) is 7.05 Å². The molecule has 1 heteroatoms. The summed E-state index contributed by atoms with van der Waals surface area (Å²) in [5.41, 5.74) is 7.96. The molecule has 0 unspecified atom stereocenters. The fourth-order valence-electron chi connectivity index (χ4n) is 3.12. The van der Waals surface area contributed by atoms with Gasteiger partial charge in [-0.1, -0.05) is 6.07 Å². The molecule has 0 radical (unpaired) electrons. The lowest BCUT2D eigenvalue weighted by Gasteiger charge is -2.14. The molecule has 0 spiro atoms. The average molecular weight is 187 g/mol. The second-order valence-corrected chi connectivity index (χ2v) is 4.48. The van der Waals surface area contributed by atoms with Gasteiger partial charge in [-0.2, -0.15) is 0 Å². The van der Waals surface area contributed by atoms with E-state index in [0.29, 0.717) is 0 Å². The summed E-state index contributed by atoms with van der Waals surface area (Å²) in [7, 11) is 2.08. The Morgan fingerprint density at radius 3 is 2.00 bits per heavy atom. The van der Waals surface area contributed by atoms with Crippen LogP contribution < -0.4 is 5.32 Å². The van der Waals surface area contributed by atoms with Crippen molar-refractivity contribution < 1.29 is 0 Å². The zero-order chi connectivity index (χ0) is 9.54. The first kappa shape index (κ1) is 8.34. The van der Waals surface area contributed by atoms with Gasteiger partial charge in [-0.05, 0) is 60.8 Å². The normalized spacial score (nSPS) is 18.1. The Bertz CT molecular complexity index is 347. The summed E-state index contributed by atoms with van der Waals surface area (Å²) < 4.78 is 0. The molecule has 74 valence electrons. The molecule has 0 amide bonds. The lowest BCUT2D eigenvalue weighted by molar-refractivity contribution is 0.898. The monoisotopic (exact) mass is 187 g/mol. The van der Waals surface area contributed by atoms with Crippen LogP contribution in [0.4, 0.5) is 5.69 Å². The third-order valence-electron chi connectivity index (χ3n) is 3.72. The standard InChI is InChI=1S/C13H17N/c1-14-13-11-6-2-4-9(11)8-10-5-3-7-12(10)13/h8,14H,2-7H2,1H3. The van der Waals surface area contributed by atoms with Gasteiger partial charge in [0.15, 0.2) is 0 Å². The van der Waals surface area contributed by atoms with E-state index in [-0.39, 0.29) is 0 Å². The second-order valence-electron chi connectivity index (χ2n) is 4.48. The third kappa shape index (κ3) is 1.01. The summed E-state index contributed by atoms with van der Waals surface area (Å²) in [6.07, 6.45) is 7.89. The van der Waals surface area contributed by atoms with E-state index in [4.69, 9.17) is 0 Å². The van der Waals surface area contributed by atoms with Crippen LogP contribution in [0.2, 0.25) is 0 Å². The molecule has 1 N–H and O–H groups in total. The number of benzene rings is 1. The summed E-state index contributed by atoms with van der Waals surface area (Å²) in [5.74, 6) is 0. The highest BCUT2D eigenvalue weighted by Gasteiger charge is 2.22. The predicted octanol–water partition coefficient (Wildman–Crippen LogP) is 2.71. The van der Waals surface area contributed by atoms with Gasteiger partial charge in [0.2, 0.25) is 0 Å². The number of fused-ring (bicyclic) bond motifs is 2. The molecule has 0 atom stereocenters. The van der Waals surface area contributed by atoms with E-state index in [9.17, 15) is 0 Å². The van der Waals surface area contributed by atoms with Crippen LogP contribution in [0.25, 0.3) is 0 Å². The molecule has 1 nitrogen and oxygen atoms in total. The maximum atomic E-state index is 3.43. The molecule has 0 aliphatic heterocycles. The first-order valence-electron chi connectivity index (χ1n) is 5.74. The van der Waals surface area contributed by atoms with E-state index in [0.717, 1.165) is 0 Å². The molecule has 1 aromatic carbocycles. The molecule has 0 bridgehead atoms. The number of rotatable bonds is 1. The molecule has 0 saturated carbocycles. The van der Waals surface area contributed by atoms with E-state index in [1.54, 1.807) is 22.3 Å². The van der Waals surface area contributed by atoms with Crippen molar-refractivity contribution in [2.24, 2.45) is 0 Å². The van der Waals surface area contributed by atoms with Crippen LogP contribution in [-0.2, 0) is 25.7 Å². The van der Waals surface area contributed by atoms with E-state index >= 15 is 0 Å². The maximum absolute atomic E-state index is 3.43. The van der Waals surface area contributed by atoms with E-state index in [1.807, 2.05) is 0 Å². The van der Waals surface area contributed by atoms with Gasteiger partial charge in [0.1, 0.15) is 0 Å². The first-order valence-corrected chi connectivity index (χ1v) is 5.74. The Labute approximate surface area is 85.5 Å². The molecule has 0 heterocycles. The SMILES string of the molecule is CNc1c2c(cc3c1CCC3)CCC2. The van der Waals surface area contributed by atoms with Gasteiger partial charge >= 0.3 is 0 Å².